The predicted octanol–water partition coefficient (Wildman–Crippen LogP) is 3.94. The van der Waals surface area contributed by atoms with E-state index in [2.05, 4.69) is 20.2 Å². The number of fused-ring (bicyclic) bond motifs is 1. The minimum Gasteiger partial charge on any atom is -0.356 e. The van der Waals surface area contributed by atoms with Crippen LogP contribution in [0.1, 0.15) is 24.8 Å². The molecule has 2 aromatic carbocycles. The number of hydrogen-bond donors (Lipinski definition) is 1. The van der Waals surface area contributed by atoms with Gasteiger partial charge < -0.3 is 10.2 Å². The van der Waals surface area contributed by atoms with Crippen LogP contribution in [0.2, 0.25) is 0 Å². The largest absolute Gasteiger partial charge is 0.356 e. The predicted molar refractivity (Wildman–Crippen MR) is 104 cm³/mol. The second-order valence-corrected chi connectivity index (χ2v) is 6.83. The van der Waals surface area contributed by atoms with Gasteiger partial charge in [0.25, 0.3) is 0 Å². The van der Waals surface area contributed by atoms with E-state index in [0.717, 1.165) is 35.4 Å². The molecule has 0 radical (unpaired) electrons. The van der Waals surface area contributed by atoms with Crippen LogP contribution in [0.4, 0.5) is 15.9 Å². The van der Waals surface area contributed by atoms with Gasteiger partial charge in [-0.2, -0.15) is 0 Å². The van der Waals surface area contributed by atoms with E-state index in [1.54, 1.807) is 18.5 Å². The van der Waals surface area contributed by atoms with E-state index in [9.17, 15) is 9.18 Å². The Labute approximate surface area is 157 Å². The highest BCUT2D eigenvalue weighted by Gasteiger charge is 2.16. The van der Waals surface area contributed by atoms with Gasteiger partial charge in [0, 0.05) is 24.2 Å². The molecule has 0 unspecified atom stereocenters. The Balaban J connectivity index is 1.55. The quantitative estimate of drug-likeness (QED) is 0.762. The van der Waals surface area contributed by atoms with Crippen LogP contribution < -0.4 is 10.2 Å². The molecule has 5 nitrogen and oxygen atoms in total. The van der Waals surface area contributed by atoms with E-state index >= 15 is 0 Å². The van der Waals surface area contributed by atoms with E-state index in [4.69, 9.17) is 0 Å². The van der Waals surface area contributed by atoms with Crippen molar-refractivity contribution in [2.24, 2.45) is 0 Å². The molecular weight excluding hydrogens is 343 g/mol. The van der Waals surface area contributed by atoms with Crippen molar-refractivity contribution in [3.8, 4) is 0 Å². The number of hydrogen-bond acceptors (Lipinski definition) is 4. The normalized spacial score (nSPS) is 14.3. The number of carbonyl (C=O) groups is 1. The number of nitrogens with zero attached hydrogens (tertiary/aromatic N) is 3. The Morgan fingerprint density at radius 1 is 1.04 bits per heavy atom. The molecule has 1 aliphatic heterocycles. The van der Waals surface area contributed by atoms with Gasteiger partial charge in [-0.15, -0.1) is 0 Å². The molecular formula is C21H21FN4O. The number of carbonyl (C=O) groups excluding carboxylic acids is 1. The summed E-state index contributed by atoms with van der Waals surface area (Å²) in [6.45, 7) is 1.99. The first-order valence-corrected chi connectivity index (χ1v) is 9.23. The molecule has 1 saturated heterocycles. The van der Waals surface area contributed by atoms with E-state index in [0.29, 0.717) is 5.69 Å². The van der Waals surface area contributed by atoms with Crippen molar-refractivity contribution >= 4 is 28.3 Å². The Morgan fingerprint density at radius 3 is 2.59 bits per heavy atom. The first-order chi connectivity index (χ1) is 13.2. The molecule has 0 aliphatic carbocycles. The van der Waals surface area contributed by atoms with Crippen LogP contribution in [0.25, 0.3) is 10.9 Å². The SMILES string of the molecule is O=C(Cc1ccc(F)cc1)Nc1ccc2ncnc(N3CCCCC3)c2c1. The maximum Gasteiger partial charge on any atom is 0.228 e. The topological polar surface area (TPSA) is 58.1 Å². The number of halogens is 1. The Morgan fingerprint density at radius 2 is 1.81 bits per heavy atom. The molecule has 0 saturated carbocycles. The average Bonchev–Trinajstić information content (AvgIpc) is 2.70. The summed E-state index contributed by atoms with van der Waals surface area (Å²) in [4.78, 5) is 23.5. The molecule has 2 heterocycles. The number of nitrogens with one attached hydrogen (secondary N) is 1. The summed E-state index contributed by atoms with van der Waals surface area (Å²) in [6, 6.07) is 11.6. The minimum atomic E-state index is -0.307. The molecule has 6 heteroatoms. The van der Waals surface area contributed by atoms with Crippen molar-refractivity contribution in [1.82, 2.24) is 9.97 Å². The fraction of sp³-hybridized carbons (Fsp3) is 0.286. The van der Waals surface area contributed by atoms with Crippen LogP contribution in [-0.4, -0.2) is 29.0 Å². The van der Waals surface area contributed by atoms with Crippen molar-refractivity contribution < 1.29 is 9.18 Å². The molecule has 138 valence electrons. The lowest BCUT2D eigenvalue weighted by Gasteiger charge is -2.28. The third-order valence-electron chi connectivity index (χ3n) is 4.83. The molecule has 0 atom stereocenters. The van der Waals surface area contributed by atoms with Gasteiger partial charge in [0.2, 0.25) is 5.91 Å². The first-order valence-electron chi connectivity index (χ1n) is 9.23. The summed E-state index contributed by atoms with van der Waals surface area (Å²) >= 11 is 0. The zero-order chi connectivity index (χ0) is 18.6. The van der Waals surface area contributed by atoms with E-state index in [-0.39, 0.29) is 18.1 Å². The summed E-state index contributed by atoms with van der Waals surface area (Å²) in [6.07, 6.45) is 5.38. The number of aromatic nitrogens is 2. The van der Waals surface area contributed by atoms with Gasteiger partial charge in [-0.25, -0.2) is 14.4 Å². The lowest BCUT2D eigenvalue weighted by molar-refractivity contribution is -0.115. The van der Waals surface area contributed by atoms with Crippen LogP contribution >= 0.6 is 0 Å². The van der Waals surface area contributed by atoms with Crippen LogP contribution in [0.5, 0.6) is 0 Å². The molecule has 1 aliphatic rings. The second kappa shape index (κ2) is 7.70. The number of rotatable bonds is 4. The molecule has 0 spiro atoms. The molecule has 27 heavy (non-hydrogen) atoms. The standard InChI is InChI=1S/C21H21FN4O/c22-16-6-4-15(5-7-16)12-20(27)25-17-8-9-19-18(13-17)21(24-14-23-19)26-10-2-1-3-11-26/h4-9,13-14H,1-3,10-12H2,(H,25,27). The molecule has 0 bridgehead atoms. The Kier molecular flexibility index (Phi) is 4.96. The lowest BCUT2D eigenvalue weighted by atomic mass is 10.1. The minimum absolute atomic E-state index is 0.141. The fourth-order valence-electron chi connectivity index (χ4n) is 3.47. The van der Waals surface area contributed by atoms with E-state index < -0.39 is 0 Å². The smallest absolute Gasteiger partial charge is 0.228 e. The number of piperidine rings is 1. The summed E-state index contributed by atoms with van der Waals surface area (Å²) in [5, 5.41) is 3.86. The van der Waals surface area contributed by atoms with Crippen LogP contribution in [0, 0.1) is 5.82 Å². The van der Waals surface area contributed by atoms with Gasteiger partial charge in [-0.1, -0.05) is 12.1 Å². The van der Waals surface area contributed by atoms with Gasteiger partial charge in [0.05, 0.1) is 11.9 Å². The molecule has 1 N–H and O–H groups in total. The van der Waals surface area contributed by atoms with Gasteiger partial charge in [0.1, 0.15) is 18.0 Å². The van der Waals surface area contributed by atoms with E-state index in [1.165, 1.54) is 31.4 Å². The highest BCUT2D eigenvalue weighted by atomic mass is 19.1. The zero-order valence-electron chi connectivity index (χ0n) is 15.0. The summed E-state index contributed by atoms with van der Waals surface area (Å²) in [5.74, 6) is 0.477. The first kappa shape index (κ1) is 17.4. The summed E-state index contributed by atoms with van der Waals surface area (Å²) in [5.41, 5.74) is 2.34. The van der Waals surface area contributed by atoms with Gasteiger partial charge in [0.15, 0.2) is 0 Å². The van der Waals surface area contributed by atoms with Crippen LogP contribution in [-0.2, 0) is 11.2 Å². The second-order valence-electron chi connectivity index (χ2n) is 6.83. The summed E-state index contributed by atoms with van der Waals surface area (Å²) in [7, 11) is 0. The van der Waals surface area contributed by atoms with Crippen molar-refractivity contribution in [2.75, 3.05) is 23.3 Å². The van der Waals surface area contributed by atoms with Crippen molar-refractivity contribution in [3.63, 3.8) is 0 Å². The zero-order valence-corrected chi connectivity index (χ0v) is 15.0. The number of anilines is 2. The summed E-state index contributed by atoms with van der Waals surface area (Å²) < 4.78 is 13.0. The lowest BCUT2D eigenvalue weighted by Crippen LogP contribution is -2.30. The van der Waals surface area contributed by atoms with Gasteiger partial charge in [-0.3, -0.25) is 4.79 Å². The fourth-order valence-corrected chi connectivity index (χ4v) is 3.47. The van der Waals surface area contributed by atoms with Gasteiger partial charge >= 0.3 is 0 Å². The van der Waals surface area contributed by atoms with Crippen molar-refractivity contribution in [1.29, 1.82) is 0 Å². The number of benzene rings is 2. The van der Waals surface area contributed by atoms with Crippen LogP contribution in [0.3, 0.4) is 0 Å². The molecule has 1 fully saturated rings. The average molecular weight is 364 g/mol. The maximum absolute atomic E-state index is 13.0. The highest BCUT2D eigenvalue weighted by molar-refractivity contribution is 5.97. The third kappa shape index (κ3) is 4.05. The Bertz CT molecular complexity index is 952. The Hall–Kier alpha value is -3.02. The molecule has 3 aromatic rings. The maximum atomic E-state index is 13.0. The number of amides is 1. The molecule has 1 amide bonds. The molecule has 1 aromatic heterocycles. The van der Waals surface area contributed by atoms with Crippen molar-refractivity contribution in [3.05, 3.63) is 60.2 Å². The monoisotopic (exact) mass is 364 g/mol. The van der Waals surface area contributed by atoms with Gasteiger partial charge in [-0.05, 0) is 55.2 Å². The van der Waals surface area contributed by atoms with Crippen LogP contribution in [0.15, 0.2) is 48.8 Å². The van der Waals surface area contributed by atoms with Crippen molar-refractivity contribution in [2.45, 2.75) is 25.7 Å². The third-order valence-corrected chi connectivity index (χ3v) is 4.83. The molecule has 4 rings (SSSR count). The highest BCUT2D eigenvalue weighted by Crippen LogP contribution is 2.28. The van der Waals surface area contributed by atoms with E-state index in [1.807, 2.05) is 18.2 Å².